The third-order valence-electron chi connectivity index (χ3n) is 2.24. The van der Waals surface area contributed by atoms with Crippen molar-refractivity contribution in [2.75, 3.05) is 18.0 Å². The molecule has 0 aliphatic carbocycles. The molecule has 2 heterocycles. The Morgan fingerprint density at radius 1 is 1.43 bits per heavy atom. The zero-order valence-electron chi connectivity index (χ0n) is 7.87. The first-order chi connectivity index (χ1) is 6.61. The van der Waals surface area contributed by atoms with Crippen molar-refractivity contribution in [3.05, 3.63) is 18.1 Å². The highest BCUT2D eigenvalue weighted by atomic mass is 19.3. The summed E-state index contributed by atoms with van der Waals surface area (Å²) in [6.07, 6.45) is 2.21. The highest BCUT2D eigenvalue weighted by Crippen LogP contribution is 2.30. The highest BCUT2D eigenvalue weighted by Gasteiger charge is 2.44. The molecule has 0 amide bonds. The maximum absolute atomic E-state index is 12.6. The standard InChI is InChI=1S/C9H11F2N3/c1-2-7-3-8(13-6-12-7)14-4-9(10,11)5-14/h3,6H,2,4-5H2,1H3. The van der Waals surface area contributed by atoms with Crippen LogP contribution in [0.2, 0.25) is 0 Å². The third kappa shape index (κ3) is 1.66. The van der Waals surface area contributed by atoms with E-state index in [1.165, 1.54) is 6.33 Å². The molecule has 0 N–H and O–H groups in total. The second-order valence-corrected chi connectivity index (χ2v) is 3.43. The number of anilines is 1. The third-order valence-corrected chi connectivity index (χ3v) is 2.24. The quantitative estimate of drug-likeness (QED) is 0.722. The lowest BCUT2D eigenvalue weighted by Gasteiger charge is -2.39. The fraction of sp³-hybridized carbons (Fsp3) is 0.556. The highest BCUT2D eigenvalue weighted by molar-refractivity contribution is 5.43. The molecular weight excluding hydrogens is 188 g/mol. The van der Waals surface area contributed by atoms with Gasteiger partial charge >= 0.3 is 0 Å². The predicted octanol–water partition coefficient (Wildman–Crippen LogP) is 1.49. The van der Waals surface area contributed by atoms with Crippen LogP contribution >= 0.6 is 0 Å². The van der Waals surface area contributed by atoms with Crippen LogP contribution < -0.4 is 4.90 Å². The van der Waals surface area contributed by atoms with Crippen LogP contribution in [0.25, 0.3) is 0 Å². The van der Waals surface area contributed by atoms with Gasteiger partial charge in [0.2, 0.25) is 0 Å². The van der Waals surface area contributed by atoms with Gasteiger partial charge < -0.3 is 4.90 Å². The number of alkyl halides is 2. The Kier molecular flexibility index (Phi) is 2.09. The summed E-state index contributed by atoms with van der Waals surface area (Å²) in [5, 5.41) is 0. The van der Waals surface area contributed by atoms with Crippen LogP contribution in [0.4, 0.5) is 14.6 Å². The van der Waals surface area contributed by atoms with E-state index in [4.69, 9.17) is 0 Å². The average Bonchev–Trinajstić information content (AvgIpc) is 2.14. The van der Waals surface area contributed by atoms with Gasteiger partial charge in [0, 0.05) is 11.8 Å². The van der Waals surface area contributed by atoms with Crippen molar-refractivity contribution in [1.82, 2.24) is 9.97 Å². The predicted molar refractivity (Wildman–Crippen MR) is 48.6 cm³/mol. The van der Waals surface area contributed by atoms with Crippen molar-refractivity contribution >= 4 is 5.82 Å². The molecule has 3 nitrogen and oxygen atoms in total. The molecule has 0 spiro atoms. The minimum Gasteiger partial charge on any atom is -0.344 e. The van der Waals surface area contributed by atoms with Gasteiger partial charge in [-0.05, 0) is 6.42 Å². The van der Waals surface area contributed by atoms with Gasteiger partial charge in [-0.1, -0.05) is 6.92 Å². The molecule has 0 atom stereocenters. The largest absolute Gasteiger partial charge is 0.344 e. The van der Waals surface area contributed by atoms with Crippen molar-refractivity contribution in [2.24, 2.45) is 0 Å². The minimum absolute atomic E-state index is 0.229. The number of nitrogens with zero attached hydrogens (tertiary/aromatic N) is 3. The molecule has 1 saturated heterocycles. The molecule has 0 radical (unpaired) electrons. The van der Waals surface area contributed by atoms with E-state index in [1.807, 2.05) is 6.92 Å². The van der Waals surface area contributed by atoms with Crippen molar-refractivity contribution in [3.63, 3.8) is 0 Å². The summed E-state index contributed by atoms with van der Waals surface area (Å²) in [7, 11) is 0. The number of aromatic nitrogens is 2. The monoisotopic (exact) mass is 199 g/mol. The Bertz CT molecular complexity index is 333. The molecule has 0 unspecified atom stereocenters. The molecule has 1 aromatic rings. The lowest BCUT2D eigenvalue weighted by molar-refractivity contribution is -0.0267. The SMILES string of the molecule is CCc1cc(N2CC(F)(F)C2)ncn1. The fourth-order valence-electron chi connectivity index (χ4n) is 1.43. The number of rotatable bonds is 2. The van der Waals surface area contributed by atoms with Crippen LogP contribution in [0.15, 0.2) is 12.4 Å². The maximum Gasteiger partial charge on any atom is 0.282 e. The van der Waals surface area contributed by atoms with E-state index < -0.39 is 5.92 Å². The maximum atomic E-state index is 12.6. The Hall–Kier alpha value is -1.26. The molecule has 0 aromatic carbocycles. The molecule has 0 saturated carbocycles. The van der Waals surface area contributed by atoms with Crippen LogP contribution in [0.3, 0.4) is 0 Å². The summed E-state index contributed by atoms with van der Waals surface area (Å²) in [4.78, 5) is 9.52. The van der Waals surface area contributed by atoms with E-state index in [0.29, 0.717) is 5.82 Å². The van der Waals surface area contributed by atoms with Gasteiger partial charge in [0.15, 0.2) is 0 Å². The van der Waals surface area contributed by atoms with Gasteiger partial charge in [0.1, 0.15) is 12.1 Å². The number of hydrogen-bond donors (Lipinski definition) is 0. The molecule has 1 aliphatic heterocycles. The molecule has 0 bridgehead atoms. The second-order valence-electron chi connectivity index (χ2n) is 3.43. The van der Waals surface area contributed by atoms with Gasteiger partial charge in [-0.25, -0.2) is 18.7 Å². The van der Waals surface area contributed by atoms with Gasteiger partial charge in [-0.2, -0.15) is 0 Å². The molecular formula is C9H11F2N3. The fourth-order valence-corrected chi connectivity index (χ4v) is 1.43. The molecule has 76 valence electrons. The second kappa shape index (κ2) is 3.15. The van der Waals surface area contributed by atoms with Gasteiger partial charge in [-0.3, -0.25) is 0 Å². The van der Waals surface area contributed by atoms with E-state index in [9.17, 15) is 8.78 Å². The normalized spacial score (nSPS) is 19.2. The van der Waals surface area contributed by atoms with Crippen molar-refractivity contribution in [1.29, 1.82) is 0 Å². The van der Waals surface area contributed by atoms with Gasteiger partial charge in [0.25, 0.3) is 5.92 Å². The molecule has 5 heteroatoms. The number of aryl methyl sites for hydroxylation is 1. The van der Waals surface area contributed by atoms with Crippen LogP contribution in [-0.4, -0.2) is 29.0 Å². The van der Waals surface area contributed by atoms with Gasteiger partial charge in [-0.15, -0.1) is 0 Å². The van der Waals surface area contributed by atoms with Gasteiger partial charge in [0.05, 0.1) is 13.1 Å². The summed E-state index contributed by atoms with van der Waals surface area (Å²) in [5.41, 5.74) is 0.880. The number of hydrogen-bond acceptors (Lipinski definition) is 3. The molecule has 2 rings (SSSR count). The lowest BCUT2D eigenvalue weighted by Crippen LogP contribution is -2.56. The Morgan fingerprint density at radius 2 is 2.14 bits per heavy atom. The van der Waals surface area contributed by atoms with Crippen molar-refractivity contribution in [2.45, 2.75) is 19.3 Å². The number of halogens is 2. The van der Waals surface area contributed by atoms with E-state index in [1.54, 1.807) is 11.0 Å². The van der Waals surface area contributed by atoms with Crippen LogP contribution in [0, 0.1) is 0 Å². The lowest BCUT2D eigenvalue weighted by atomic mass is 10.1. The topological polar surface area (TPSA) is 29.0 Å². The average molecular weight is 199 g/mol. The summed E-state index contributed by atoms with van der Waals surface area (Å²) < 4.78 is 25.1. The Balaban J connectivity index is 2.11. The first kappa shape index (κ1) is 9.30. The van der Waals surface area contributed by atoms with E-state index in [-0.39, 0.29) is 13.1 Å². The zero-order chi connectivity index (χ0) is 10.2. The van der Waals surface area contributed by atoms with E-state index in [2.05, 4.69) is 9.97 Å². The summed E-state index contributed by atoms with van der Waals surface area (Å²) in [5.74, 6) is -1.94. The Labute approximate surface area is 80.8 Å². The summed E-state index contributed by atoms with van der Waals surface area (Å²) in [6.45, 7) is 1.51. The molecule has 1 aromatic heterocycles. The summed E-state index contributed by atoms with van der Waals surface area (Å²) in [6, 6.07) is 1.76. The van der Waals surface area contributed by atoms with E-state index >= 15 is 0 Å². The first-order valence-electron chi connectivity index (χ1n) is 4.54. The minimum atomic E-state index is -2.54. The summed E-state index contributed by atoms with van der Waals surface area (Å²) >= 11 is 0. The van der Waals surface area contributed by atoms with E-state index in [0.717, 1.165) is 12.1 Å². The molecule has 14 heavy (non-hydrogen) atoms. The zero-order valence-corrected chi connectivity index (χ0v) is 7.87. The smallest absolute Gasteiger partial charge is 0.282 e. The molecule has 1 fully saturated rings. The van der Waals surface area contributed by atoms with Crippen molar-refractivity contribution < 1.29 is 8.78 Å². The van der Waals surface area contributed by atoms with Crippen LogP contribution in [-0.2, 0) is 6.42 Å². The van der Waals surface area contributed by atoms with Crippen molar-refractivity contribution in [3.8, 4) is 0 Å². The molecule has 1 aliphatic rings. The Morgan fingerprint density at radius 3 is 2.71 bits per heavy atom. The van der Waals surface area contributed by atoms with Crippen LogP contribution in [0.5, 0.6) is 0 Å². The van der Waals surface area contributed by atoms with Crippen LogP contribution in [0.1, 0.15) is 12.6 Å². The first-order valence-corrected chi connectivity index (χ1v) is 4.54.